The third-order valence-corrected chi connectivity index (χ3v) is 7.17. The molecule has 0 saturated heterocycles. The summed E-state index contributed by atoms with van der Waals surface area (Å²) in [5, 5.41) is 0. The smallest absolute Gasteiger partial charge is 0.339 e. The van der Waals surface area contributed by atoms with Crippen LogP contribution in [0.3, 0.4) is 0 Å². The number of esters is 2. The molecule has 2 saturated carbocycles. The van der Waals surface area contributed by atoms with Crippen LogP contribution in [0.15, 0.2) is 36.9 Å². The molecule has 2 fully saturated rings. The Bertz CT molecular complexity index is 834. The summed E-state index contributed by atoms with van der Waals surface area (Å²) >= 11 is 0. The van der Waals surface area contributed by atoms with Crippen molar-refractivity contribution in [3.05, 3.63) is 42.5 Å². The van der Waals surface area contributed by atoms with E-state index in [0.717, 1.165) is 43.6 Å². The molecule has 0 amide bonds. The molecule has 33 heavy (non-hydrogen) atoms. The minimum atomic E-state index is -0.798. The van der Waals surface area contributed by atoms with E-state index in [4.69, 9.17) is 20.6 Å². The number of rotatable bonds is 9. The van der Waals surface area contributed by atoms with Gasteiger partial charge in [0.25, 0.3) is 0 Å². The Balaban J connectivity index is 1.45. The summed E-state index contributed by atoms with van der Waals surface area (Å²) in [4.78, 5) is 23.8. The minimum Gasteiger partial charge on any atom is -0.493 e. The molecule has 0 aromatic heterocycles. The molecule has 1 aromatic carbocycles. The molecule has 1 aromatic rings. The molecule has 0 bridgehead atoms. The number of hydrogen-bond acceptors (Lipinski definition) is 5. The van der Waals surface area contributed by atoms with E-state index in [-0.39, 0.29) is 12.6 Å². The van der Waals surface area contributed by atoms with Gasteiger partial charge in [-0.15, -0.1) is 6.42 Å². The fourth-order valence-electron chi connectivity index (χ4n) is 5.02. The molecule has 0 heterocycles. The highest BCUT2D eigenvalue weighted by Gasteiger charge is 2.40. The summed E-state index contributed by atoms with van der Waals surface area (Å²) in [7, 11) is 0. The van der Waals surface area contributed by atoms with Gasteiger partial charge in [-0.2, -0.15) is 0 Å². The molecule has 5 heteroatoms. The second-order valence-corrected chi connectivity index (χ2v) is 9.48. The van der Waals surface area contributed by atoms with Gasteiger partial charge < -0.3 is 14.2 Å². The summed E-state index contributed by atoms with van der Waals surface area (Å²) < 4.78 is 16.4. The van der Waals surface area contributed by atoms with E-state index in [2.05, 4.69) is 19.4 Å². The van der Waals surface area contributed by atoms with Crippen molar-refractivity contribution >= 4 is 11.9 Å². The first-order valence-electron chi connectivity index (χ1n) is 12.2. The van der Waals surface area contributed by atoms with Crippen LogP contribution in [0.25, 0.3) is 0 Å². The number of carbonyl (C=O) groups excluding carboxylic acids is 2. The molecule has 0 spiro atoms. The monoisotopic (exact) mass is 452 g/mol. The average molecular weight is 453 g/mol. The molecule has 2 aliphatic rings. The molecule has 0 radical (unpaired) electrons. The Morgan fingerprint density at radius 1 is 1.06 bits per heavy atom. The predicted octanol–water partition coefficient (Wildman–Crippen LogP) is 5.73. The Morgan fingerprint density at radius 3 is 2.30 bits per heavy atom. The third kappa shape index (κ3) is 7.12. The standard InChI is InChI=1S/C28H36O5/c1-4-26(29)32-20-6-19-31-25-13-11-24(12-14-25)27(30)33-28(5-2)17-15-23(16-18-28)22-9-7-21(3)8-10-22/h2,4,11-14,21-23H,1,6-10,15-20H2,3H3. The predicted molar refractivity (Wildman–Crippen MR) is 128 cm³/mol. The van der Waals surface area contributed by atoms with Crippen LogP contribution >= 0.6 is 0 Å². The van der Waals surface area contributed by atoms with E-state index < -0.39 is 11.6 Å². The van der Waals surface area contributed by atoms with Crippen molar-refractivity contribution in [2.45, 2.75) is 70.3 Å². The lowest BCUT2D eigenvalue weighted by Crippen LogP contribution is -2.39. The fourth-order valence-corrected chi connectivity index (χ4v) is 5.02. The van der Waals surface area contributed by atoms with E-state index in [1.165, 1.54) is 25.7 Å². The third-order valence-electron chi connectivity index (χ3n) is 7.17. The van der Waals surface area contributed by atoms with Crippen LogP contribution in [0.2, 0.25) is 0 Å². The normalized spacial score (nSPS) is 27.1. The number of benzene rings is 1. The largest absolute Gasteiger partial charge is 0.493 e. The first kappa shape index (κ1) is 24.9. The zero-order valence-electron chi connectivity index (χ0n) is 19.7. The zero-order valence-corrected chi connectivity index (χ0v) is 19.7. The summed E-state index contributed by atoms with van der Waals surface area (Å²) in [6.45, 7) is 6.36. The van der Waals surface area contributed by atoms with Crippen LogP contribution in [-0.2, 0) is 14.3 Å². The molecule has 2 aliphatic carbocycles. The van der Waals surface area contributed by atoms with Gasteiger partial charge in [0.1, 0.15) is 5.75 Å². The highest BCUT2D eigenvalue weighted by atomic mass is 16.6. The molecule has 0 aliphatic heterocycles. The van der Waals surface area contributed by atoms with Crippen LogP contribution in [0, 0.1) is 30.1 Å². The molecular formula is C28H36O5. The second kappa shape index (κ2) is 11.9. The summed E-state index contributed by atoms with van der Waals surface area (Å²) in [5.74, 6) is 4.96. The maximum absolute atomic E-state index is 12.8. The van der Waals surface area contributed by atoms with Gasteiger partial charge in [-0.1, -0.05) is 32.3 Å². The van der Waals surface area contributed by atoms with E-state index in [0.29, 0.717) is 30.3 Å². The van der Waals surface area contributed by atoms with Crippen molar-refractivity contribution in [2.24, 2.45) is 17.8 Å². The Hall–Kier alpha value is -2.74. The van der Waals surface area contributed by atoms with Gasteiger partial charge in [0.2, 0.25) is 0 Å². The van der Waals surface area contributed by atoms with Crippen LogP contribution in [0.1, 0.15) is 75.1 Å². The first-order chi connectivity index (χ1) is 15.9. The Morgan fingerprint density at radius 2 is 1.70 bits per heavy atom. The van der Waals surface area contributed by atoms with Crippen LogP contribution in [0.4, 0.5) is 0 Å². The number of carbonyl (C=O) groups is 2. The maximum atomic E-state index is 12.8. The second-order valence-electron chi connectivity index (χ2n) is 9.48. The SMILES string of the molecule is C#CC1(OC(=O)c2ccc(OCCCOC(=O)C=C)cc2)CCC(C2CCC(C)CC2)CC1. The maximum Gasteiger partial charge on any atom is 0.339 e. The average Bonchev–Trinajstić information content (AvgIpc) is 2.85. The molecule has 3 rings (SSSR count). The minimum absolute atomic E-state index is 0.268. The van der Waals surface area contributed by atoms with Gasteiger partial charge in [-0.3, -0.25) is 0 Å². The van der Waals surface area contributed by atoms with Gasteiger partial charge >= 0.3 is 11.9 Å². The molecule has 0 N–H and O–H groups in total. The zero-order chi connectivity index (χ0) is 23.7. The fraction of sp³-hybridized carbons (Fsp3) is 0.571. The van der Waals surface area contributed by atoms with Crippen LogP contribution < -0.4 is 4.74 Å². The van der Waals surface area contributed by atoms with Crippen molar-refractivity contribution in [1.29, 1.82) is 0 Å². The lowest BCUT2D eigenvalue weighted by molar-refractivity contribution is -0.137. The van der Waals surface area contributed by atoms with E-state index in [1.54, 1.807) is 24.3 Å². The Labute approximate surface area is 197 Å². The van der Waals surface area contributed by atoms with Crippen molar-refractivity contribution in [3.8, 4) is 18.1 Å². The van der Waals surface area contributed by atoms with E-state index >= 15 is 0 Å². The number of terminal acetylenes is 1. The molecule has 178 valence electrons. The van der Waals surface area contributed by atoms with Crippen molar-refractivity contribution < 1.29 is 23.8 Å². The lowest BCUT2D eigenvalue weighted by atomic mass is 9.68. The van der Waals surface area contributed by atoms with Crippen LogP contribution in [0.5, 0.6) is 5.75 Å². The van der Waals surface area contributed by atoms with E-state index in [1.807, 2.05) is 0 Å². The van der Waals surface area contributed by atoms with Crippen molar-refractivity contribution in [3.63, 3.8) is 0 Å². The molecular weight excluding hydrogens is 416 g/mol. The number of hydrogen-bond donors (Lipinski definition) is 0. The van der Waals surface area contributed by atoms with Crippen molar-refractivity contribution in [2.75, 3.05) is 13.2 Å². The number of ether oxygens (including phenoxy) is 3. The molecule has 5 nitrogen and oxygen atoms in total. The van der Waals surface area contributed by atoms with Gasteiger partial charge in [0, 0.05) is 12.5 Å². The topological polar surface area (TPSA) is 61.8 Å². The first-order valence-corrected chi connectivity index (χ1v) is 12.2. The van der Waals surface area contributed by atoms with Gasteiger partial charge in [-0.25, -0.2) is 9.59 Å². The Kier molecular flexibility index (Phi) is 9.00. The molecule has 0 unspecified atom stereocenters. The lowest BCUT2D eigenvalue weighted by Gasteiger charge is -2.40. The van der Waals surface area contributed by atoms with Crippen molar-refractivity contribution in [1.82, 2.24) is 0 Å². The van der Waals surface area contributed by atoms with Gasteiger partial charge in [-0.05, 0) is 80.5 Å². The summed E-state index contributed by atoms with van der Waals surface area (Å²) in [5.41, 5.74) is -0.339. The van der Waals surface area contributed by atoms with Crippen LogP contribution in [-0.4, -0.2) is 30.8 Å². The molecule has 0 atom stereocenters. The summed E-state index contributed by atoms with van der Waals surface area (Å²) in [6, 6.07) is 6.84. The van der Waals surface area contributed by atoms with E-state index in [9.17, 15) is 9.59 Å². The quantitative estimate of drug-likeness (QED) is 0.207. The highest BCUT2D eigenvalue weighted by Crippen LogP contribution is 2.43. The highest BCUT2D eigenvalue weighted by molar-refractivity contribution is 5.90. The summed E-state index contributed by atoms with van der Waals surface area (Å²) in [6.07, 6.45) is 16.4. The van der Waals surface area contributed by atoms with Gasteiger partial charge in [0.15, 0.2) is 5.60 Å². The van der Waals surface area contributed by atoms with Gasteiger partial charge in [0.05, 0.1) is 18.8 Å².